The SMILES string of the molecule is O=C1C[C@@H](c2cccs2)c2ncn(-c3cccc(Cl)c3)c2N1. The number of benzene rings is 1. The van der Waals surface area contributed by atoms with Crippen molar-refractivity contribution in [3.05, 3.63) is 63.7 Å². The summed E-state index contributed by atoms with van der Waals surface area (Å²) in [4.78, 5) is 17.8. The summed E-state index contributed by atoms with van der Waals surface area (Å²) in [5.41, 5.74) is 1.79. The van der Waals surface area contributed by atoms with E-state index in [-0.39, 0.29) is 11.8 Å². The highest BCUT2D eigenvalue weighted by Crippen LogP contribution is 2.39. The van der Waals surface area contributed by atoms with Crippen molar-refractivity contribution in [2.24, 2.45) is 0 Å². The molecule has 0 spiro atoms. The van der Waals surface area contributed by atoms with Crippen molar-refractivity contribution in [3.8, 4) is 5.69 Å². The number of nitrogens with one attached hydrogen (secondary N) is 1. The van der Waals surface area contributed by atoms with Crippen molar-refractivity contribution in [2.75, 3.05) is 5.32 Å². The molecular weight excluding hydrogens is 318 g/mol. The number of amides is 1. The van der Waals surface area contributed by atoms with Crippen molar-refractivity contribution in [1.82, 2.24) is 9.55 Å². The third-order valence-electron chi connectivity index (χ3n) is 3.75. The van der Waals surface area contributed by atoms with Crippen LogP contribution in [-0.2, 0) is 4.79 Å². The minimum atomic E-state index is 0.00896. The van der Waals surface area contributed by atoms with Gasteiger partial charge in [0.1, 0.15) is 12.1 Å². The smallest absolute Gasteiger partial charge is 0.226 e. The van der Waals surface area contributed by atoms with Crippen molar-refractivity contribution < 1.29 is 4.79 Å². The molecule has 0 unspecified atom stereocenters. The van der Waals surface area contributed by atoms with Crippen LogP contribution in [0.2, 0.25) is 5.02 Å². The Hall–Kier alpha value is -2.11. The van der Waals surface area contributed by atoms with Crippen LogP contribution in [0.5, 0.6) is 0 Å². The molecule has 1 aromatic carbocycles. The summed E-state index contributed by atoms with van der Waals surface area (Å²) in [5.74, 6) is 0.760. The molecule has 0 saturated carbocycles. The second-order valence-corrected chi connectivity index (χ2v) is 6.56. The number of imidazole rings is 1. The third-order valence-corrected chi connectivity index (χ3v) is 4.97. The van der Waals surface area contributed by atoms with Crippen LogP contribution < -0.4 is 5.32 Å². The minimum Gasteiger partial charge on any atom is -0.310 e. The number of aromatic nitrogens is 2. The van der Waals surface area contributed by atoms with Gasteiger partial charge in [-0.25, -0.2) is 4.98 Å². The molecule has 6 heteroatoms. The molecule has 0 fully saturated rings. The van der Waals surface area contributed by atoms with Crippen LogP contribution in [0.15, 0.2) is 48.1 Å². The van der Waals surface area contributed by atoms with Crippen LogP contribution in [0.3, 0.4) is 0 Å². The predicted molar refractivity (Wildman–Crippen MR) is 88.0 cm³/mol. The zero-order chi connectivity index (χ0) is 15.1. The van der Waals surface area contributed by atoms with E-state index < -0.39 is 0 Å². The number of halogens is 1. The number of thiophene rings is 1. The van der Waals surface area contributed by atoms with E-state index in [1.165, 1.54) is 0 Å². The molecule has 2 aromatic heterocycles. The molecule has 110 valence electrons. The van der Waals surface area contributed by atoms with E-state index in [9.17, 15) is 4.79 Å². The largest absolute Gasteiger partial charge is 0.310 e. The highest BCUT2D eigenvalue weighted by Gasteiger charge is 2.31. The maximum absolute atomic E-state index is 12.1. The van der Waals surface area contributed by atoms with Gasteiger partial charge in [0.2, 0.25) is 5.91 Å². The van der Waals surface area contributed by atoms with E-state index in [0.717, 1.165) is 22.1 Å². The van der Waals surface area contributed by atoms with E-state index in [1.807, 2.05) is 40.3 Å². The Morgan fingerprint density at radius 1 is 1.32 bits per heavy atom. The Morgan fingerprint density at radius 2 is 2.23 bits per heavy atom. The van der Waals surface area contributed by atoms with E-state index >= 15 is 0 Å². The van der Waals surface area contributed by atoms with Crippen molar-refractivity contribution in [2.45, 2.75) is 12.3 Å². The number of nitrogens with zero attached hydrogens (tertiary/aromatic N) is 2. The summed E-state index contributed by atoms with van der Waals surface area (Å²) in [6, 6.07) is 11.5. The second kappa shape index (κ2) is 5.26. The summed E-state index contributed by atoms with van der Waals surface area (Å²) >= 11 is 7.72. The Balaban J connectivity index is 1.84. The highest BCUT2D eigenvalue weighted by molar-refractivity contribution is 7.10. The number of carbonyl (C=O) groups is 1. The zero-order valence-electron chi connectivity index (χ0n) is 11.5. The monoisotopic (exact) mass is 329 g/mol. The lowest BCUT2D eigenvalue weighted by Crippen LogP contribution is -2.24. The summed E-state index contributed by atoms with van der Waals surface area (Å²) in [6.07, 6.45) is 2.17. The van der Waals surface area contributed by atoms with Crippen LogP contribution in [0.4, 0.5) is 5.82 Å². The standard InChI is InChI=1S/C16H12ClN3OS/c17-10-3-1-4-11(7-10)20-9-18-15-12(13-5-2-6-22-13)8-14(21)19-16(15)20/h1-7,9,12H,8H2,(H,19,21)/t12-/m0/s1. The van der Waals surface area contributed by atoms with Gasteiger partial charge in [0.05, 0.1) is 5.69 Å². The molecule has 0 saturated heterocycles. The van der Waals surface area contributed by atoms with Crippen molar-refractivity contribution in [3.63, 3.8) is 0 Å². The lowest BCUT2D eigenvalue weighted by Gasteiger charge is -2.22. The Kier molecular flexibility index (Phi) is 3.24. The molecule has 4 rings (SSSR count). The molecule has 4 nitrogen and oxygen atoms in total. The molecule has 3 heterocycles. The van der Waals surface area contributed by atoms with Crippen LogP contribution in [0.25, 0.3) is 5.69 Å². The van der Waals surface area contributed by atoms with Crippen LogP contribution in [0.1, 0.15) is 22.9 Å². The Bertz CT molecular complexity index is 841. The van der Waals surface area contributed by atoms with Gasteiger partial charge in [-0.1, -0.05) is 23.7 Å². The van der Waals surface area contributed by atoms with Crippen molar-refractivity contribution >= 4 is 34.7 Å². The zero-order valence-corrected chi connectivity index (χ0v) is 13.1. The van der Waals surface area contributed by atoms with Gasteiger partial charge < -0.3 is 5.32 Å². The fourth-order valence-corrected chi connectivity index (χ4v) is 3.77. The summed E-state index contributed by atoms with van der Waals surface area (Å²) in [5, 5.41) is 5.61. The number of fused-ring (bicyclic) bond motifs is 1. The maximum Gasteiger partial charge on any atom is 0.226 e. The van der Waals surface area contributed by atoms with Gasteiger partial charge >= 0.3 is 0 Å². The topological polar surface area (TPSA) is 46.9 Å². The molecular formula is C16H12ClN3OS. The Morgan fingerprint density at radius 3 is 3.00 bits per heavy atom. The molecule has 0 radical (unpaired) electrons. The molecule has 3 aromatic rings. The molecule has 1 N–H and O–H groups in total. The van der Waals surface area contributed by atoms with Gasteiger partial charge in [0, 0.05) is 27.9 Å². The van der Waals surface area contributed by atoms with Gasteiger partial charge in [-0.05, 0) is 29.6 Å². The minimum absolute atomic E-state index is 0.00896. The number of rotatable bonds is 2. The van der Waals surface area contributed by atoms with Crippen LogP contribution >= 0.6 is 22.9 Å². The summed E-state index contributed by atoms with van der Waals surface area (Å²) in [6.45, 7) is 0. The van der Waals surface area contributed by atoms with E-state index in [1.54, 1.807) is 17.7 Å². The summed E-state index contributed by atoms with van der Waals surface area (Å²) < 4.78 is 1.87. The first-order valence-corrected chi connectivity index (χ1v) is 8.14. The van der Waals surface area contributed by atoms with Crippen molar-refractivity contribution in [1.29, 1.82) is 0 Å². The highest BCUT2D eigenvalue weighted by atomic mass is 35.5. The predicted octanol–water partition coefficient (Wildman–Crippen LogP) is 4.06. The van der Waals surface area contributed by atoms with E-state index in [4.69, 9.17) is 11.6 Å². The normalized spacial score (nSPS) is 17.1. The van der Waals surface area contributed by atoms with Gasteiger partial charge in [-0.15, -0.1) is 11.3 Å². The molecule has 1 aliphatic heterocycles. The second-order valence-electron chi connectivity index (χ2n) is 5.15. The lowest BCUT2D eigenvalue weighted by molar-refractivity contribution is -0.116. The first-order valence-electron chi connectivity index (χ1n) is 6.89. The molecule has 22 heavy (non-hydrogen) atoms. The first kappa shape index (κ1) is 13.5. The average molecular weight is 330 g/mol. The Labute approximate surface area is 136 Å². The maximum atomic E-state index is 12.1. The number of carbonyl (C=O) groups excluding carboxylic acids is 1. The summed E-state index contributed by atoms with van der Waals surface area (Å²) in [7, 11) is 0. The molecule has 0 bridgehead atoms. The average Bonchev–Trinajstić information content (AvgIpc) is 3.16. The number of anilines is 1. The van der Waals surface area contributed by atoms with Gasteiger partial charge in [0.25, 0.3) is 0 Å². The molecule has 1 atom stereocenters. The number of hydrogen-bond donors (Lipinski definition) is 1. The van der Waals surface area contributed by atoms with Gasteiger partial charge in [-0.2, -0.15) is 0 Å². The van der Waals surface area contributed by atoms with Gasteiger partial charge in [-0.3, -0.25) is 9.36 Å². The fraction of sp³-hybridized carbons (Fsp3) is 0.125. The van der Waals surface area contributed by atoms with Gasteiger partial charge in [0.15, 0.2) is 0 Å². The van der Waals surface area contributed by atoms with Crippen LogP contribution in [0, 0.1) is 0 Å². The first-order chi connectivity index (χ1) is 10.7. The number of hydrogen-bond acceptors (Lipinski definition) is 3. The molecule has 1 amide bonds. The van der Waals surface area contributed by atoms with Crippen LogP contribution in [-0.4, -0.2) is 15.5 Å². The lowest BCUT2D eigenvalue weighted by atomic mass is 9.96. The fourth-order valence-electron chi connectivity index (χ4n) is 2.75. The molecule has 0 aliphatic carbocycles. The third kappa shape index (κ3) is 2.23. The molecule has 1 aliphatic rings. The quantitative estimate of drug-likeness (QED) is 0.770. The van der Waals surface area contributed by atoms with E-state index in [0.29, 0.717) is 11.4 Å². The van der Waals surface area contributed by atoms with E-state index in [2.05, 4.69) is 16.4 Å².